The molecule has 0 saturated carbocycles. The fourth-order valence-corrected chi connectivity index (χ4v) is 2.83. The van der Waals surface area contributed by atoms with E-state index in [4.69, 9.17) is 0 Å². The molecule has 0 aliphatic carbocycles. The van der Waals surface area contributed by atoms with Gasteiger partial charge in [0.1, 0.15) is 0 Å². The summed E-state index contributed by atoms with van der Waals surface area (Å²) in [5, 5.41) is 6.30. The number of rotatable bonds is 5. The number of hydrogen-bond acceptors (Lipinski definition) is 3. The molecule has 0 spiro atoms. The summed E-state index contributed by atoms with van der Waals surface area (Å²) in [6, 6.07) is 8.76. The standard InChI is InChI=1S/C14H20N2OS/c1-11-2-4-13(5-3-11)18-9-7-14(17)16-12-6-8-15-10-12/h2-5,12,15H,6-10H2,1H3,(H,16,17). The number of carbonyl (C=O) groups is 1. The van der Waals surface area contributed by atoms with Gasteiger partial charge in [0.05, 0.1) is 0 Å². The first-order valence-electron chi connectivity index (χ1n) is 6.43. The van der Waals surface area contributed by atoms with Gasteiger partial charge in [0.15, 0.2) is 0 Å². The Hall–Kier alpha value is -1.00. The first kappa shape index (κ1) is 13.4. The van der Waals surface area contributed by atoms with Crippen molar-refractivity contribution in [3.8, 4) is 0 Å². The molecule has 2 N–H and O–H groups in total. The molecule has 1 aliphatic heterocycles. The van der Waals surface area contributed by atoms with Gasteiger partial charge in [-0.05, 0) is 32.0 Å². The summed E-state index contributed by atoms with van der Waals surface area (Å²) in [5.74, 6) is 1.01. The average Bonchev–Trinajstić information content (AvgIpc) is 2.84. The second-order valence-electron chi connectivity index (χ2n) is 4.67. The van der Waals surface area contributed by atoms with Crippen LogP contribution < -0.4 is 10.6 Å². The molecule has 1 amide bonds. The second kappa shape index (κ2) is 6.81. The Labute approximate surface area is 113 Å². The minimum absolute atomic E-state index is 0.170. The monoisotopic (exact) mass is 264 g/mol. The minimum Gasteiger partial charge on any atom is -0.352 e. The number of amides is 1. The molecule has 1 atom stereocenters. The molecule has 0 aromatic heterocycles. The zero-order valence-corrected chi connectivity index (χ0v) is 11.6. The van der Waals surface area contributed by atoms with Crippen molar-refractivity contribution >= 4 is 17.7 Å². The van der Waals surface area contributed by atoms with Crippen LogP contribution in [0.5, 0.6) is 0 Å². The van der Waals surface area contributed by atoms with E-state index in [0.29, 0.717) is 12.5 Å². The van der Waals surface area contributed by atoms with Crippen LogP contribution in [0, 0.1) is 6.92 Å². The smallest absolute Gasteiger partial charge is 0.221 e. The maximum atomic E-state index is 11.7. The van der Waals surface area contributed by atoms with Crippen LogP contribution in [0.25, 0.3) is 0 Å². The van der Waals surface area contributed by atoms with Crippen LogP contribution in [0.1, 0.15) is 18.4 Å². The largest absolute Gasteiger partial charge is 0.352 e. The Kier molecular flexibility index (Phi) is 5.08. The lowest BCUT2D eigenvalue weighted by Crippen LogP contribution is -2.36. The number of carbonyl (C=O) groups excluding carboxylic acids is 1. The summed E-state index contributed by atoms with van der Waals surface area (Å²) in [6.45, 7) is 4.01. The van der Waals surface area contributed by atoms with Gasteiger partial charge < -0.3 is 10.6 Å². The van der Waals surface area contributed by atoms with E-state index in [-0.39, 0.29) is 5.91 Å². The lowest BCUT2D eigenvalue weighted by Gasteiger charge is -2.10. The van der Waals surface area contributed by atoms with Crippen molar-refractivity contribution in [3.63, 3.8) is 0 Å². The second-order valence-corrected chi connectivity index (χ2v) is 5.84. The van der Waals surface area contributed by atoms with Gasteiger partial charge in [-0.1, -0.05) is 17.7 Å². The van der Waals surface area contributed by atoms with E-state index in [1.54, 1.807) is 11.8 Å². The van der Waals surface area contributed by atoms with Crippen LogP contribution >= 0.6 is 11.8 Å². The lowest BCUT2D eigenvalue weighted by molar-refractivity contribution is -0.121. The molecule has 18 heavy (non-hydrogen) atoms. The van der Waals surface area contributed by atoms with E-state index in [1.807, 2.05) is 0 Å². The topological polar surface area (TPSA) is 41.1 Å². The summed E-state index contributed by atoms with van der Waals surface area (Å²) >= 11 is 1.74. The van der Waals surface area contributed by atoms with Crippen molar-refractivity contribution in [2.45, 2.75) is 30.7 Å². The van der Waals surface area contributed by atoms with Crippen molar-refractivity contribution in [1.82, 2.24) is 10.6 Å². The van der Waals surface area contributed by atoms with Crippen LogP contribution in [-0.2, 0) is 4.79 Å². The first-order chi connectivity index (χ1) is 8.74. The predicted octanol–water partition coefficient (Wildman–Crippen LogP) is 1.96. The van der Waals surface area contributed by atoms with Crippen LogP contribution in [0.15, 0.2) is 29.2 Å². The Morgan fingerprint density at radius 3 is 2.89 bits per heavy atom. The van der Waals surface area contributed by atoms with Crippen molar-refractivity contribution in [3.05, 3.63) is 29.8 Å². The molecule has 2 rings (SSSR count). The summed E-state index contributed by atoms with van der Waals surface area (Å²) in [6.07, 6.45) is 1.64. The number of thioether (sulfide) groups is 1. The van der Waals surface area contributed by atoms with Crippen LogP contribution in [0.4, 0.5) is 0 Å². The fraction of sp³-hybridized carbons (Fsp3) is 0.500. The highest BCUT2D eigenvalue weighted by Crippen LogP contribution is 2.18. The Morgan fingerprint density at radius 1 is 1.44 bits per heavy atom. The molecule has 0 bridgehead atoms. The molecule has 1 saturated heterocycles. The van der Waals surface area contributed by atoms with Crippen molar-refractivity contribution in [2.75, 3.05) is 18.8 Å². The van der Waals surface area contributed by atoms with E-state index in [1.165, 1.54) is 10.5 Å². The van der Waals surface area contributed by atoms with Gasteiger partial charge in [0.25, 0.3) is 0 Å². The van der Waals surface area contributed by atoms with E-state index >= 15 is 0 Å². The normalized spacial score (nSPS) is 18.8. The lowest BCUT2D eigenvalue weighted by atomic mass is 10.2. The highest BCUT2D eigenvalue weighted by Gasteiger charge is 2.16. The van der Waals surface area contributed by atoms with Crippen molar-refractivity contribution < 1.29 is 4.79 Å². The predicted molar refractivity (Wildman–Crippen MR) is 75.9 cm³/mol. The minimum atomic E-state index is 0.170. The number of aryl methyl sites for hydroxylation is 1. The van der Waals surface area contributed by atoms with Gasteiger partial charge in [-0.15, -0.1) is 11.8 Å². The zero-order valence-electron chi connectivity index (χ0n) is 10.7. The van der Waals surface area contributed by atoms with E-state index in [0.717, 1.165) is 25.3 Å². The summed E-state index contributed by atoms with van der Waals surface area (Å²) in [7, 11) is 0. The summed E-state index contributed by atoms with van der Waals surface area (Å²) in [4.78, 5) is 12.9. The summed E-state index contributed by atoms with van der Waals surface area (Å²) < 4.78 is 0. The number of nitrogens with one attached hydrogen (secondary N) is 2. The summed E-state index contributed by atoms with van der Waals surface area (Å²) in [5.41, 5.74) is 1.27. The van der Waals surface area contributed by atoms with Gasteiger partial charge >= 0.3 is 0 Å². The molecule has 1 fully saturated rings. The average molecular weight is 264 g/mol. The van der Waals surface area contributed by atoms with Gasteiger partial charge in [-0.2, -0.15) is 0 Å². The number of hydrogen-bond donors (Lipinski definition) is 2. The molecule has 1 aromatic rings. The van der Waals surface area contributed by atoms with Gasteiger partial charge in [0, 0.05) is 29.7 Å². The quantitative estimate of drug-likeness (QED) is 0.799. The maximum absolute atomic E-state index is 11.7. The highest BCUT2D eigenvalue weighted by molar-refractivity contribution is 7.99. The molecule has 3 nitrogen and oxygen atoms in total. The third-order valence-electron chi connectivity index (χ3n) is 3.04. The van der Waals surface area contributed by atoms with E-state index in [9.17, 15) is 4.79 Å². The van der Waals surface area contributed by atoms with Crippen molar-refractivity contribution in [1.29, 1.82) is 0 Å². The van der Waals surface area contributed by atoms with Gasteiger partial charge in [-0.3, -0.25) is 4.79 Å². The molecule has 4 heteroatoms. The molecule has 98 valence electrons. The highest BCUT2D eigenvalue weighted by atomic mass is 32.2. The molecule has 1 heterocycles. The van der Waals surface area contributed by atoms with Gasteiger partial charge in [0.2, 0.25) is 5.91 Å². The van der Waals surface area contributed by atoms with Crippen molar-refractivity contribution in [2.24, 2.45) is 0 Å². The molecule has 1 unspecified atom stereocenters. The van der Waals surface area contributed by atoms with Crippen LogP contribution in [-0.4, -0.2) is 30.8 Å². The van der Waals surface area contributed by atoms with E-state index < -0.39 is 0 Å². The molecular weight excluding hydrogens is 244 g/mol. The molecular formula is C14H20N2OS. The zero-order chi connectivity index (χ0) is 12.8. The Morgan fingerprint density at radius 2 is 2.22 bits per heavy atom. The molecule has 1 aliphatic rings. The Bertz CT molecular complexity index is 385. The van der Waals surface area contributed by atoms with Crippen LogP contribution in [0.2, 0.25) is 0 Å². The fourth-order valence-electron chi connectivity index (χ4n) is 1.97. The first-order valence-corrected chi connectivity index (χ1v) is 7.42. The molecule has 0 radical (unpaired) electrons. The molecule has 1 aromatic carbocycles. The maximum Gasteiger partial charge on any atom is 0.221 e. The SMILES string of the molecule is Cc1ccc(SCCC(=O)NC2CCNC2)cc1. The third kappa shape index (κ3) is 4.35. The van der Waals surface area contributed by atoms with Crippen LogP contribution in [0.3, 0.4) is 0 Å². The van der Waals surface area contributed by atoms with E-state index in [2.05, 4.69) is 41.8 Å². The Balaban J connectivity index is 1.65. The third-order valence-corrected chi connectivity index (χ3v) is 4.06. The van der Waals surface area contributed by atoms with Gasteiger partial charge in [-0.25, -0.2) is 0 Å². The number of benzene rings is 1.